The molecule has 0 spiro atoms. The summed E-state index contributed by atoms with van der Waals surface area (Å²) in [5.41, 5.74) is 12.1. The van der Waals surface area contributed by atoms with Crippen molar-refractivity contribution >= 4 is 33.7 Å². The number of nitrogens with two attached hydrogens (primary N) is 2. The van der Waals surface area contributed by atoms with E-state index in [0.29, 0.717) is 9.88 Å². The molecule has 1 aliphatic rings. The van der Waals surface area contributed by atoms with E-state index < -0.39 is 5.91 Å². The number of Topliss-reactive ketones (excluding diaryl/α,β-unsaturated/α-hetero) is 1. The van der Waals surface area contributed by atoms with Crippen molar-refractivity contribution in [2.75, 3.05) is 17.6 Å². The minimum absolute atomic E-state index is 0.0529. The smallest absolute Gasteiger partial charge is 0.253 e. The molecule has 2 rings (SSSR count). The topological polar surface area (TPSA) is 98.2 Å². The fourth-order valence-electron chi connectivity index (χ4n) is 2.51. The average molecular weight is 309 g/mol. The summed E-state index contributed by atoms with van der Waals surface area (Å²) in [5.74, 6) is -0.806. The molecule has 0 radical (unpaired) electrons. The van der Waals surface area contributed by atoms with Crippen LogP contribution in [0.15, 0.2) is 0 Å². The van der Waals surface area contributed by atoms with Gasteiger partial charge in [0.1, 0.15) is 5.00 Å². The first kappa shape index (κ1) is 15.8. The molecule has 1 aromatic rings. The van der Waals surface area contributed by atoms with Crippen molar-refractivity contribution in [3.05, 3.63) is 10.4 Å². The van der Waals surface area contributed by atoms with Gasteiger partial charge in [0.15, 0.2) is 5.78 Å². The summed E-state index contributed by atoms with van der Waals surface area (Å²) in [6.07, 6.45) is 3.58. The summed E-state index contributed by atoms with van der Waals surface area (Å²) < 4.78 is 0. The predicted molar refractivity (Wildman–Crippen MR) is 86.9 cm³/mol. The SMILES string of the molecule is CC(C)C(=O)c1sc(NCC2(C)CCC2)c(C(N)=O)c1N. The van der Waals surface area contributed by atoms with Crippen LogP contribution in [0.4, 0.5) is 10.7 Å². The Balaban J connectivity index is 2.28. The third-order valence-corrected chi connectivity index (χ3v) is 5.35. The monoisotopic (exact) mass is 309 g/mol. The van der Waals surface area contributed by atoms with Crippen molar-refractivity contribution in [2.24, 2.45) is 17.1 Å². The number of thiophene rings is 1. The van der Waals surface area contributed by atoms with Crippen LogP contribution < -0.4 is 16.8 Å². The number of rotatable bonds is 6. The normalized spacial score (nSPS) is 16.6. The van der Waals surface area contributed by atoms with Crippen molar-refractivity contribution in [1.82, 2.24) is 0 Å². The molecule has 0 bridgehead atoms. The second kappa shape index (κ2) is 5.67. The molecule has 1 amide bonds. The third kappa shape index (κ3) is 3.05. The fraction of sp³-hybridized carbons (Fsp3) is 0.600. The molecule has 0 saturated heterocycles. The summed E-state index contributed by atoms with van der Waals surface area (Å²) in [7, 11) is 0. The van der Waals surface area contributed by atoms with E-state index in [4.69, 9.17) is 11.5 Å². The molecule has 5 N–H and O–H groups in total. The van der Waals surface area contributed by atoms with Crippen LogP contribution in [0.3, 0.4) is 0 Å². The molecule has 1 saturated carbocycles. The second-order valence-corrected chi connectivity index (χ2v) is 7.47. The molecule has 5 nitrogen and oxygen atoms in total. The van der Waals surface area contributed by atoms with E-state index in [1.54, 1.807) is 0 Å². The first-order chi connectivity index (χ1) is 9.75. The summed E-state index contributed by atoms with van der Waals surface area (Å²) >= 11 is 1.24. The minimum Gasteiger partial charge on any atom is -0.397 e. The molecule has 0 aliphatic heterocycles. The van der Waals surface area contributed by atoms with Gasteiger partial charge in [-0.05, 0) is 18.3 Å². The first-order valence-corrected chi connectivity index (χ1v) is 8.07. The molecule has 0 atom stereocenters. The number of nitrogens with one attached hydrogen (secondary N) is 1. The van der Waals surface area contributed by atoms with Gasteiger partial charge >= 0.3 is 0 Å². The van der Waals surface area contributed by atoms with E-state index in [0.717, 1.165) is 6.54 Å². The Kier molecular flexibility index (Phi) is 4.27. The maximum absolute atomic E-state index is 12.2. The van der Waals surface area contributed by atoms with Gasteiger partial charge in [0, 0.05) is 12.5 Å². The molecule has 1 fully saturated rings. The Morgan fingerprint density at radius 3 is 2.43 bits per heavy atom. The molecule has 1 aliphatic carbocycles. The van der Waals surface area contributed by atoms with E-state index in [-0.39, 0.29) is 28.4 Å². The van der Waals surface area contributed by atoms with Gasteiger partial charge in [0.2, 0.25) is 0 Å². The van der Waals surface area contributed by atoms with E-state index in [9.17, 15) is 9.59 Å². The van der Waals surface area contributed by atoms with Crippen LogP contribution >= 0.6 is 11.3 Å². The number of primary amides is 1. The lowest BCUT2D eigenvalue weighted by Gasteiger charge is -2.38. The zero-order valence-corrected chi connectivity index (χ0v) is 13.6. The van der Waals surface area contributed by atoms with Gasteiger partial charge in [-0.1, -0.05) is 27.2 Å². The number of amides is 1. The van der Waals surface area contributed by atoms with Gasteiger partial charge in [0.25, 0.3) is 5.91 Å². The Morgan fingerprint density at radius 1 is 1.38 bits per heavy atom. The van der Waals surface area contributed by atoms with E-state index in [1.807, 2.05) is 13.8 Å². The molecular formula is C15H23N3O2S. The number of ketones is 1. The van der Waals surface area contributed by atoms with Gasteiger partial charge in [-0.25, -0.2) is 0 Å². The van der Waals surface area contributed by atoms with Gasteiger partial charge < -0.3 is 16.8 Å². The number of hydrogen-bond donors (Lipinski definition) is 3. The van der Waals surface area contributed by atoms with Gasteiger partial charge in [-0.15, -0.1) is 11.3 Å². The summed E-state index contributed by atoms with van der Waals surface area (Å²) in [4.78, 5) is 24.3. The average Bonchev–Trinajstić information content (AvgIpc) is 2.70. The van der Waals surface area contributed by atoms with Gasteiger partial charge in [0.05, 0.1) is 16.1 Å². The van der Waals surface area contributed by atoms with E-state index in [2.05, 4.69) is 12.2 Å². The van der Waals surface area contributed by atoms with Crippen molar-refractivity contribution in [1.29, 1.82) is 0 Å². The fourth-order valence-corrected chi connectivity index (χ4v) is 3.72. The largest absolute Gasteiger partial charge is 0.397 e. The molecule has 116 valence electrons. The number of carbonyl (C=O) groups excluding carboxylic acids is 2. The maximum atomic E-state index is 12.2. The molecule has 0 aromatic carbocycles. The van der Waals surface area contributed by atoms with E-state index >= 15 is 0 Å². The summed E-state index contributed by atoms with van der Waals surface area (Å²) in [5, 5.41) is 3.90. The van der Waals surface area contributed by atoms with Crippen molar-refractivity contribution < 1.29 is 9.59 Å². The zero-order valence-electron chi connectivity index (χ0n) is 12.8. The zero-order chi connectivity index (χ0) is 15.8. The lowest BCUT2D eigenvalue weighted by atomic mass is 9.70. The lowest BCUT2D eigenvalue weighted by molar-refractivity contribution is 0.0944. The van der Waals surface area contributed by atoms with Crippen LogP contribution in [0, 0.1) is 11.3 Å². The molecular weight excluding hydrogens is 286 g/mol. The van der Waals surface area contributed by atoms with Gasteiger partial charge in [-0.3, -0.25) is 9.59 Å². The molecule has 1 heterocycles. The highest BCUT2D eigenvalue weighted by molar-refractivity contribution is 7.19. The Hall–Kier alpha value is -1.56. The number of hydrogen-bond acceptors (Lipinski definition) is 5. The molecule has 21 heavy (non-hydrogen) atoms. The Morgan fingerprint density at radius 2 is 2.00 bits per heavy atom. The standard InChI is InChI=1S/C15H23N3O2S/c1-8(2)11(19)12-10(16)9(13(17)20)14(21-12)18-7-15(3)5-4-6-15/h8,18H,4-7,16H2,1-3H3,(H2,17,20). The second-order valence-electron chi connectivity index (χ2n) is 6.45. The maximum Gasteiger partial charge on any atom is 0.253 e. The number of nitrogen functional groups attached to an aromatic ring is 1. The Bertz CT molecular complexity index is 574. The van der Waals surface area contributed by atoms with Crippen LogP contribution in [0.25, 0.3) is 0 Å². The molecule has 0 unspecified atom stereocenters. The Labute approximate surface area is 129 Å². The van der Waals surface area contributed by atoms with Crippen LogP contribution in [-0.4, -0.2) is 18.2 Å². The highest BCUT2D eigenvalue weighted by Gasteiger charge is 2.32. The quantitative estimate of drug-likeness (QED) is 0.704. The minimum atomic E-state index is -0.590. The van der Waals surface area contributed by atoms with Crippen molar-refractivity contribution in [3.8, 4) is 0 Å². The van der Waals surface area contributed by atoms with Crippen LogP contribution in [0.2, 0.25) is 0 Å². The van der Waals surface area contributed by atoms with E-state index in [1.165, 1.54) is 30.6 Å². The number of anilines is 2. The highest BCUT2D eigenvalue weighted by atomic mass is 32.1. The van der Waals surface area contributed by atoms with Crippen LogP contribution in [0.1, 0.15) is 60.1 Å². The number of carbonyl (C=O) groups is 2. The van der Waals surface area contributed by atoms with Crippen molar-refractivity contribution in [3.63, 3.8) is 0 Å². The lowest BCUT2D eigenvalue weighted by Crippen LogP contribution is -2.33. The van der Waals surface area contributed by atoms with Crippen molar-refractivity contribution in [2.45, 2.75) is 40.0 Å². The first-order valence-electron chi connectivity index (χ1n) is 7.25. The molecule has 1 aromatic heterocycles. The van der Waals surface area contributed by atoms with Gasteiger partial charge in [-0.2, -0.15) is 0 Å². The summed E-state index contributed by atoms with van der Waals surface area (Å²) in [6, 6.07) is 0. The highest BCUT2D eigenvalue weighted by Crippen LogP contribution is 2.42. The third-order valence-electron chi connectivity index (χ3n) is 4.18. The molecule has 6 heteroatoms. The van der Waals surface area contributed by atoms with Crippen LogP contribution in [-0.2, 0) is 0 Å². The predicted octanol–water partition coefficient (Wildman–Crippen LogP) is 2.87. The van der Waals surface area contributed by atoms with Crippen LogP contribution in [0.5, 0.6) is 0 Å². The summed E-state index contributed by atoms with van der Waals surface area (Å²) in [6.45, 7) is 6.61.